The van der Waals surface area contributed by atoms with Crippen molar-refractivity contribution in [3.63, 3.8) is 0 Å². The second-order valence-electron chi connectivity index (χ2n) is 4.44. The van der Waals surface area contributed by atoms with Crippen molar-refractivity contribution in [2.75, 3.05) is 34.5 Å². The Bertz CT molecular complexity index is 450. The molecule has 1 rings (SSSR count). The van der Waals surface area contributed by atoms with E-state index in [1.807, 2.05) is 18.2 Å². The third kappa shape index (κ3) is 5.61. The summed E-state index contributed by atoms with van der Waals surface area (Å²) in [7, 11) is 4.55. The molecule has 0 saturated heterocycles. The van der Waals surface area contributed by atoms with Crippen molar-refractivity contribution in [2.24, 2.45) is 0 Å². The van der Waals surface area contributed by atoms with Crippen molar-refractivity contribution >= 4 is 5.97 Å². The number of ether oxygens (including phenoxy) is 4. The summed E-state index contributed by atoms with van der Waals surface area (Å²) in [5.41, 5.74) is 1.03. The van der Waals surface area contributed by atoms with Crippen LogP contribution in [0.15, 0.2) is 18.2 Å². The molecule has 1 N–H and O–H groups in total. The Morgan fingerprint density at radius 1 is 1.24 bits per heavy atom. The largest absolute Gasteiger partial charge is 0.493 e. The molecule has 0 aromatic heterocycles. The predicted molar refractivity (Wildman–Crippen MR) is 78.7 cm³/mol. The van der Waals surface area contributed by atoms with Crippen molar-refractivity contribution in [3.05, 3.63) is 23.8 Å². The van der Waals surface area contributed by atoms with E-state index in [1.165, 1.54) is 7.11 Å². The lowest BCUT2D eigenvalue weighted by molar-refractivity contribution is -0.147. The number of carbonyl (C=O) groups excluding carboxylic acids is 1. The number of nitrogens with one attached hydrogen (secondary N) is 1. The van der Waals surface area contributed by atoms with Gasteiger partial charge in [-0.2, -0.15) is 0 Å². The number of methoxy groups -OCH3 is 3. The Labute approximate surface area is 125 Å². The topological polar surface area (TPSA) is 66.0 Å². The lowest BCUT2D eigenvalue weighted by Gasteiger charge is -2.16. The summed E-state index contributed by atoms with van der Waals surface area (Å²) in [6.07, 6.45) is -0.694. The summed E-state index contributed by atoms with van der Waals surface area (Å²) < 4.78 is 20.5. The van der Waals surface area contributed by atoms with Crippen LogP contribution in [0.2, 0.25) is 0 Å². The number of rotatable bonds is 9. The van der Waals surface area contributed by atoms with Crippen LogP contribution >= 0.6 is 0 Å². The Morgan fingerprint density at radius 2 is 2.00 bits per heavy atom. The van der Waals surface area contributed by atoms with Gasteiger partial charge in [-0.25, -0.2) is 4.79 Å². The van der Waals surface area contributed by atoms with Crippen molar-refractivity contribution in [2.45, 2.75) is 19.6 Å². The first-order valence-corrected chi connectivity index (χ1v) is 6.73. The highest BCUT2D eigenvalue weighted by molar-refractivity contribution is 5.74. The van der Waals surface area contributed by atoms with Crippen molar-refractivity contribution < 1.29 is 23.7 Å². The van der Waals surface area contributed by atoms with Gasteiger partial charge in [0.15, 0.2) is 17.6 Å². The van der Waals surface area contributed by atoms with Crippen molar-refractivity contribution in [1.29, 1.82) is 0 Å². The summed E-state index contributed by atoms with van der Waals surface area (Å²) in [5, 5.41) is 3.24. The Kier molecular flexibility index (Phi) is 7.56. The molecule has 21 heavy (non-hydrogen) atoms. The molecule has 0 aliphatic carbocycles. The fourth-order valence-corrected chi connectivity index (χ4v) is 1.73. The van der Waals surface area contributed by atoms with Crippen LogP contribution in [0.4, 0.5) is 0 Å². The van der Waals surface area contributed by atoms with Crippen LogP contribution in [-0.2, 0) is 20.8 Å². The second kappa shape index (κ2) is 9.20. The molecule has 0 spiro atoms. The Morgan fingerprint density at radius 3 is 2.62 bits per heavy atom. The van der Waals surface area contributed by atoms with Gasteiger partial charge in [-0.15, -0.1) is 0 Å². The van der Waals surface area contributed by atoms with Crippen LogP contribution in [0, 0.1) is 0 Å². The zero-order chi connectivity index (χ0) is 15.7. The lowest BCUT2D eigenvalue weighted by Crippen LogP contribution is -2.25. The molecule has 1 atom stereocenters. The molecule has 1 unspecified atom stereocenters. The van der Waals surface area contributed by atoms with Gasteiger partial charge in [0.05, 0.1) is 20.8 Å². The molecular formula is C15H23NO5. The summed E-state index contributed by atoms with van der Waals surface area (Å²) in [4.78, 5) is 11.4. The summed E-state index contributed by atoms with van der Waals surface area (Å²) in [6, 6.07) is 5.60. The van der Waals surface area contributed by atoms with E-state index in [9.17, 15) is 4.79 Å². The minimum Gasteiger partial charge on any atom is -0.493 e. The first-order chi connectivity index (χ1) is 10.1. The molecule has 0 aliphatic heterocycles. The summed E-state index contributed by atoms with van der Waals surface area (Å²) in [5.74, 6) is 0.661. The molecule has 0 radical (unpaired) electrons. The fraction of sp³-hybridized carbons (Fsp3) is 0.533. The lowest BCUT2D eigenvalue weighted by atomic mass is 10.2. The van der Waals surface area contributed by atoms with E-state index in [-0.39, 0.29) is 0 Å². The molecule has 6 nitrogen and oxygen atoms in total. The second-order valence-corrected chi connectivity index (χ2v) is 4.44. The number of benzene rings is 1. The van der Waals surface area contributed by atoms with Gasteiger partial charge < -0.3 is 24.3 Å². The van der Waals surface area contributed by atoms with Gasteiger partial charge in [-0.3, -0.25) is 0 Å². The summed E-state index contributed by atoms with van der Waals surface area (Å²) >= 11 is 0. The predicted octanol–water partition coefficient (Wildman–Crippen LogP) is 1.37. The number of hydrogen-bond acceptors (Lipinski definition) is 6. The smallest absolute Gasteiger partial charge is 0.346 e. The quantitative estimate of drug-likeness (QED) is 0.548. The van der Waals surface area contributed by atoms with Crippen LogP contribution in [-0.4, -0.2) is 46.6 Å². The fourth-order valence-electron chi connectivity index (χ4n) is 1.73. The average molecular weight is 297 g/mol. The number of hydrogen-bond donors (Lipinski definition) is 1. The van der Waals surface area contributed by atoms with E-state index < -0.39 is 12.1 Å². The molecule has 0 bridgehead atoms. The Hall–Kier alpha value is -1.79. The van der Waals surface area contributed by atoms with Gasteiger partial charge in [0.25, 0.3) is 0 Å². The van der Waals surface area contributed by atoms with E-state index in [0.29, 0.717) is 24.7 Å². The number of esters is 1. The third-order valence-corrected chi connectivity index (χ3v) is 2.88. The van der Waals surface area contributed by atoms with Crippen molar-refractivity contribution in [1.82, 2.24) is 5.32 Å². The molecule has 0 heterocycles. The van der Waals surface area contributed by atoms with E-state index in [1.54, 1.807) is 21.1 Å². The first kappa shape index (κ1) is 17.3. The van der Waals surface area contributed by atoms with E-state index in [2.05, 4.69) is 10.1 Å². The minimum atomic E-state index is -0.694. The third-order valence-electron chi connectivity index (χ3n) is 2.88. The molecule has 0 saturated carbocycles. The normalized spacial score (nSPS) is 11.8. The number of carbonyl (C=O) groups is 1. The highest BCUT2D eigenvalue weighted by Gasteiger charge is 2.17. The van der Waals surface area contributed by atoms with Crippen LogP contribution < -0.4 is 14.8 Å². The van der Waals surface area contributed by atoms with Crippen LogP contribution in [0.3, 0.4) is 0 Å². The van der Waals surface area contributed by atoms with Crippen molar-refractivity contribution in [3.8, 4) is 11.5 Å². The van der Waals surface area contributed by atoms with Gasteiger partial charge in [-0.1, -0.05) is 6.07 Å². The maximum Gasteiger partial charge on any atom is 0.346 e. The zero-order valence-corrected chi connectivity index (χ0v) is 13.0. The van der Waals surface area contributed by atoms with E-state index >= 15 is 0 Å². The molecular weight excluding hydrogens is 274 g/mol. The van der Waals surface area contributed by atoms with Crippen LogP contribution in [0.25, 0.3) is 0 Å². The Balaban J connectivity index is 2.73. The molecule has 0 amide bonds. The van der Waals surface area contributed by atoms with Gasteiger partial charge in [0.2, 0.25) is 0 Å². The van der Waals surface area contributed by atoms with Crippen LogP contribution in [0.5, 0.6) is 11.5 Å². The van der Waals surface area contributed by atoms with E-state index in [4.69, 9.17) is 14.2 Å². The van der Waals surface area contributed by atoms with Gasteiger partial charge in [0.1, 0.15) is 0 Å². The average Bonchev–Trinajstić information content (AvgIpc) is 2.51. The monoisotopic (exact) mass is 297 g/mol. The molecule has 0 aliphatic rings. The molecule has 118 valence electrons. The van der Waals surface area contributed by atoms with Crippen LogP contribution in [0.1, 0.15) is 12.5 Å². The highest BCUT2D eigenvalue weighted by atomic mass is 16.6. The summed E-state index contributed by atoms with van der Waals surface area (Å²) in [6.45, 7) is 3.72. The molecule has 0 fully saturated rings. The van der Waals surface area contributed by atoms with Gasteiger partial charge >= 0.3 is 5.97 Å². The minimum absolute atomic E-state index is 0.430. The standard InChI is InChI=1S/C15H23NO5/c1-11(15(17)20-4)21-14-9-12(5-6-13(14)19-3)10-16-7-8-18-2/h5-6,9,11,16H,7-8,10H2,1-4H3. The van der Waals surface area contributed by atoms with E-state index in [0.717, 1.165) is 12.1 Å². The zero-order valence-electron chi connectivity index (χ0n) is 13.0. The van der Waals surface area contributed by atoms with Gasteiger partial charge in [-0.05, 0) is 24.6 Å². The maximum atomic E-state index is 11.4. The molecule has 6 heteroatoms. The highest BCUT2D eigenvalue weighted by Crippen LogP contribution is 2.29. The molecule has 1 aromatic carbocycles. The van der Waals surface area contributed by atoms with Gasteiger partial charge in [0, 0.05) is 20.2 Å². The maximum absolute atomic E-state index is 11.4. The molecule has 1 aromatic rings. The first-order valence-electron chi connectivity index (χ1n) is 6.73. The SMILES string of the molecule is COCCNCc1ccc(OC)c(OC(C)C(=O)OC)c1.